The van der Waals surface area contributed by atoms with Crippen LogP contribution in [0.4, 0.5) is 5.69 Å². The molecule has 2 aromatic carbocycles. The average molecular weight is 406 g/mol. The van der Waals surface area contributed by atoms with Gasteiger partial charge in [-0.3, -0.25) is 4.79 Å². The van der Waals surface area contributed by atoms with Crippen molar-refractivity contribution in [1.82, 2.24) is 4.72 Å². The predicted octanol–water partition coefficient (Wildman–Crippen LogP) is 1.80. The fourth-order valence-corrected chi connectivity index (χ4v) is 4.30. The van der Waals surface area contributed by atoms with Crippen molar-refractivity contribution in [3.8, 4) is 17.2 Å². The standard InChI is InChI=1S/C19H22N2O6S/c1-25-15-5-7-16(8-6-15)28(23,24)20-13-10-19(22)21(12-13)14-4-9-17(26-2)18(11-14)27-3/h4-9,11,13,20H,10,12H2,1-3H3/t13-/m1/s1. The molecule has 150 valence electrons. The molecule has 0 aliphatic carbocycles. The van der Waals surface area contributed by atoms with Gasteiger partial charge in [-0.2, -0.15) is 0 Å². The van der Waals surface area contributed by atoms with E-state index in [4.69, 9.17) is 14.2 Å². The summed E-state index contributed by atoms with van der Waals surface area (Å²) >= 11 is 0. The summed E-state index contributed by atoms with van der Waals surface area (Å²) in [6, 6.07) is 10.7. The van der Waals surface area contributed by atoms with E-state index in [1.54, 1.807) is 30.3 Å². The van der Waals surface area contributed by atoms with Crippen LogP contribution in [0.15, 0.2) is 47.4 Å². The van der Waals surface area contributed by atoms with Crippen molar-refractivity contribution < 1.29 is 27.4 Å². The van der Waals surface area contributed by atoms with Crippen molar-refractivity contribution in [1.29, 1.82) is 0 Å². The highest BCUT2D eigenvalue weighted by Crippen LogP contribution is 2.33. The second kappa shape index (κ2) is 8.07. The summed E-state index contributed by atoms with van der Waals surface area (Å²) in [5, 5.41) is 0. The van der Waals surface area contributed by atoms with Crippen LogP contribution in [0, 0.1) is 0 Å². The third-order valence-corrected chi connectivity index (χ3v) is 6.03. The van der Waals surface area contributed by atoms with E-state index in [2.05, 4.69) is 4.72 Å². The molecule has 3 rings (SSSR count). The van der Waals surface area contributed by atoms with Gasteiger partial charge in [0.1, 0.15) is 5.75 Å². The minimum absolute atomic E-state index is 0.0731. The average Bonchev–Trinajstić information content (AvgIpc) is 3.06. The summed E-state index contributed by atoms with van der Waals surface area (Å²) in [6.07, 6.45) is 0.0731. The van der Waals surface area contributed by atoms with Crippen LogP contribution in [-0.4, -0.2) is 48.2 Å². The molecule has 1 aliphatic heterocycles. The number of rotatable bonds is 7. The number of hydrogen-bond acceptors (Lipinski definition) is 6. The van der Waals surface area contributed by atoms with Gasteiger partial charge in [-0.1, -0.05) is 0 Å². The Labute approximate surface area is 164 Å². The van der Waals surface area contributed by atoms with Crippen molar-refractivity contribution in [3.63, 3.8) is 0 Å². The lowest BCUT2D eigenvalue weighted by Crippen LogP contribution is -2.37. The number of benzene rings is 2. The first-order chi connectivity index (χ1) is 13.4. The maximum absolute atomic E-state index is 12.6. The molecule has 0 saturated carbocycles. The van der Waals surface area contributed by atoms with Crippen molar-refractivity contribution >= 4 is 21.6 Å². The summed E-state index contributed by atoms with van der Waals surface area (Å²) in [7, 11) is 0.802. The first-order valence-corrected chi connectivity index (χ1v) is 10.0. The Morgan fingerprint density at radius 1 is 0.964 bits per heavy atom. The number of carbonyl (C=O) groups excluding carboxylic acids is 1. The van der Waals surface area contributed by atoms with E-state index in [0.29, 0.717) is 22.9 Å². The Kier molecular flexibility index (Phi) is 5.76. The van der Waals surface area contributed by atoms with Crippen molar-refractivity contribution in [2.75, 3.05) is 32.8 Å². The Morgan fingerprint density at radius 2 is 1.64 bits per heavy atom. The fourth-order valence-electron chi connectivity index (χ4n) is 3.07. The summed E-state index contributed by atoms with van der Waals surface area (Å²) in [5.74, 6) is 1.44. The molecule has 1 N–H and O–H groups in total. The lowest BCUT2D eigenvalue weighted by atomic mass is 10.2. The molecule has 0 bridgehead atoms. The first-order valence-electron chi connectivity index (χ1n) is 8.56. The molecular formula is C19H22N2O6S. The summed E-state index contributed by atoms with van der Waals surface area (Å²) in [4.78, 5) is 14.1. The van der Waals surface area contributed by atoms with E-state index in [1.807, 2.05) is 0 Å². The lowest BCUT2D eigenvalue weighted by molar-refractivity contribution is -0.117. The number of carbonyl (C=O) groups is 1. The lowest BCUT2D eigenvalue weighted by Gasteiger charge is -2.19. The third kappa shape index (κ3) is 4.05. The molecule has 0 radical (unpaired) electrons. The van der Waals surface area contributed by atoms with E-state index < -0.39 is 16.1 Å². The molecule has 1 aliphatic rings. The molecule has 0 unspecified atom stereocenters. The second-order valence-electron chi connectivity index (χ2n) is 6.24. The van der Waals surface area contributed by atoms with Gasteiger partial charge >= 0.3 is 0 Å². The molecule has 0 aromatic heterocycles. The number of methoxy groups -OCH3 is 3. The molecule has 28 heavy (non-hydrogen) atoms. The van der Waals surface area contributed by atoms with Crippen molar-refractivity contribution in [3.05, 3.63) is 42.5 Å². The third-order valence-electron chi connectivity index (χ3n) is 4.50. The maximum Gasteiger partial charge on any atom is 0.240 e. The van der Waals surface area contributed by atoms with Crippen LogP contribution in [0.25, 0.3) is 0 Å². The van der Waals surface area contributed by atoms with E-state index in [9.17, 15) is 13.2 Å². The van der Waals surface area contributed by atoms with E-state index in [-0.39, 0.29) is 23.8 Å². The Hall–Kier alpha value is -2.78. The van der Waals surface area contributed by atoms with Gasteiger partial charge in [0.05, 0.1) is 26.2 Å². The maximum atomic E-state index is 12.6. The SMILES string of the molecule is COc1ccc(S(=O)(=O)N[C@@H]2CC(=O)N(c3ccc(OC)c(OC)c3)C2)cc1. The van der Waals surface area contributed by atoms with E-state index in [0.717, 1.165) is 0 Å². The number of amides is 1. The van der Waals surface area contributed by atoms with Gasteiger partial charge in [0, 0.05) is 30.8 Å². The Morgan fingerprint density at radius 3 is 2.25 bits per heavy atom. The normalized spacial score (nSPS) is 16.9. The van der Waals surface area contributed by atoms with Crippen LogP contribution in [0.1, 0.15) is 6.42 Å². The van der Waals surface area contributed by atoms with Gasteiger partial charge in [-0.15, -0.1) is 0 Å². The zero-order chi connectivity index (χ0) is 20.3. The highest BCUT2D eigenvalue weighted by atomic mass is 32.2. The van der Waals surface area contributed by atoms with Gasteiger partial charge in [0.15, 0.2) is 11.5 Å². The fraction of sp³-hybridized carbons (Fsp3) is 0.316. The molecule has 1 heterocycles. The number of sulfonamides is 1. The minimum Gasteiger partial charge on any atom is -0.497 e. The van der Waals surface area contributed by atoms with Crippen molar-refractivity contribution in [2.45, 2.75) is 17.4 Å². The summed E-state index contributed by atoms with van der Waals surface area (Å²) in [6.45, 7) is 0.226. The van der Waals surface area contributed by atoms with Crippen LogP contribution in [-0.2, 0) is 14.8 Å². The molecule has 1 atom stereocenters. The van der Waals surface area contributed by atoms with Crippen LogP contribution in [0.2, 0.25) is 0 Å². The van der Waals surface area contributed by atoms with Gasteiger partial charge in [-0.25, -0.2) is 13.1 Å². The van der Waals surface area contributed by atoms with Crippen LogP contribution >= 0.6 is 0 Å². The summed E-state index contributed by atoms with van der Waals surface area (Å²) < 4.78 is 43.3. The highest BCUT2D eigenvalue weighted by Gasteiger charge is 2.34. The van der Waals surface area contributed by atoms with Crippen LogP contribution in [0.5, 0.6) is 17.2 Å². The van der Waals surface area contributed by atoms with Gasteiger partial charge in [-0.05, 0) is 36.4 Å². The van der Waals surface area contributed by atoms with E-state index in [1.165, 1.54) is 38.4 Å². The minimum atomic E-state index is -3.75. The molecule has 2 aromatic rings. The van der Waals surface area contributed by atoms with Gasteiger partial charge in [0.2, 0.25) is 15.9 Å². The summed E-state index contributed by atoms with van der Waals surface area (Å²) in [5.41, 5.74) is 0.619. The predicted molar refractivity (Wildman–Crippen MR) is 104 cm³/mol. The van der Waals surface area contributed by atoms with Crippen LogP contribution in [0.3, 0.4) is 0 Å². The molecular weight excluding hydrogens is 384 g/mol. The number of nitrogens with one attached hydrogen (secondary N) is 1. The van der Waals surface area contributed by atoms with Crippen molar-refractivity contribution in [2.24, 2.45) is 0 Å². The molecule has 8 nitrogen and oxygen atoms in total. The molecule has 1 fully saturated rings. The first kappa shape index (κ1) is 20.0. The number of nitrogens with zero attached hydrogens (tertiary/aromatic N) is 1. The molecule has 1 amide bonds. The zero-order valence-corrected chi connectivity index (χ0v) is 16.7. The smallest absolute Gasteiger partial charge is 0.240 e. The number of ether oxygens (including phenoxy) is 3. The molecule has 0 spiro atoms. The second-order valence-corrected chi connectivity index (χ2v) is 7.96. The van der Waals surface area contributed by atoms with Crippen LogP contribution < -0.4 is 23.8 Å². The Bertz CT molecular complexity index is 959. The molecule has 9 heteroatoms. The topological polar surface area (TPSA) is 94.2 Å². The largest absolute Gasteiger partial charge is 0.497 e. The van der Waals surface area contributed by atoms with E-state index >= 15 is 0 Å². The number of anilines is 1. The number of hydrogen-bond donors (Lipinski definition) is 1. The molecule has 1 saturated heterocycles. The van der Waals surface area contributed by atoms with Gasteiger partial charge in [0.25, 0.3) is 0 Å². The monoisotopic (exact) mass is 406 g/mol. The highest BCUT2D eigenvalue weighted by molar-refractivity contribution is 7.89. The van der Waals surface area contributed by atoms with Gasteiger partial charge < -0.3 is 19.1 Å². The quantitative estimate of drug-likeness (QED) is 0.754. The zero-order valence-electron chi connectivity index (χ0n) is 15.8. The Balaban J connectivity index is 1.75.